The monoisotopic (exact) mass is 324 g/mol. The van der Waals surface area contributed by atoms with Gasteiger partial charge in [0.25, 0.3) is 5.91 Å². The quantitative estimate of drug-likeness (QED) is 0.564. The molecular weight excluding hydrogens is 304 g/mol. The summed E-state index contributed by atoms with van der Waals surface area (Å²) in [6.07, 6.45) is 0.977. The average Bonchev–Trinajstić information content (AvgIpc) is 2.52. The van der Waals surface area contributed by atoms with Gasteiger partial charge in [0.15, 0.2) is 6.61 Å². The van der Waals surface area contributed by atoms with Crippen LogP contribution in [0.1, 0.15) is 19.8 Å². The van der Waals surface area contributed by atoms with Crippen LogP contribution in [0, 0.1) is 0 Å². The molecule has 0 bridgehead atoms. The Labute approximate surface area is 134 Å². The van der Waals surface area contributed by atoms with Crippen LogP contribution in [0.5, 0.6) is 0 Å². The van der Waals surface area contributed by atoms with Crippen LogP contribution in [-0.4, -0.2) is 36.8 Å². The van der Waals surface area contributed by atoms with Crippen LogP contribution in [0.25, 0.3) is 0 Å². The first-order chi connectivity index (χ1) is 10.6. The van der Waals surface area contributed by atoms with Crippen molar-refractivity contribution in [3.63, 3.8) is 0 Å². The van der Waals surface area contributed by atoms with Crippen LogP contribution in [0.2, 0.25) is 0 Å². The molecule has 22 heavy (non-hydrogen) atoms. The summed E-state index contributed by atoms with van der Waals surface area (Å²) in [5, 5.41) is 4.57. The van der Waals surface area contributed by atoms with Crippen molar-refractivity contribution in [2.24, 2.45) is 0 Å². The predicted octanol–water partition coefficient (Wildman–Crippen LogP) is 1.95. The first kappa shape index (κ1) is 18.0. The van der Waals surface area contributed by atoms with Crippen molar-refractivity contribution in [2.75, 3.05) is 18.9 Å². The van der Waals surface area contributed by atoms with Crippen LogP contribution in [0.3, 0.4) is 0 Å². The molecule has 2 N–H and O–H groups in total. The number of carbonyl (C=O) groups is 3. The van der Waals surface area contributed by atoms with Gasteiger partial charge in [-0.1, -0.05) is 25.1 Å². The van der Waals surface area contributed by atoms with Crippen LogP contribution < -0.4 is 10.6 Å². The van der Waals surface area contributed by atoms with Gasteiger partial charge in [0, 0.05) is 17.2 Å². The predicted molar refractivity (Wildman–Crippen MR) is 84.6 cm³/mol. The Kier molecular flexibility index (Phi) is 8.74. The Bertz CT molecular complexity index is 494. The van der Waals surface area contributed by atoms with Crippen molar-refractivity contribution in [3.8, 4) is 0 Å². The molecule has 0 aliphatic carbocycles. The Morgan fingerprint density at radius 2 is 1.91 bits per heavy atom. The number of carbonyl (C=O) groups excluding carboxylic acids is 3. The van der Waals surface area contributed by atoms with E-state index >= 15 is 0 Å². The molecule has 120 valence electrons. The summed E-state index contributed by atoms with van der Waals surface area (Å²) >= 11 is 1.54. The highest BCUT2D eigenvalue weighted by molar-refractivity contribution is 7.99. The van der Waals surface area contributed by atoms with Gasteiger partial charge in [-0.15, -0.1) is 11.8 Å². The highest BCUT2D eigenvalue weighted by atomic mass is 32.2. The number of hydrogen-bond acceptors (Lipinski definition) is 5. The normalized spacial score (nSPS) is 9.86. The Hall–Kier alpha value is -2.02. The van der Waals surface area contributed by atoms with Gasteiger partial charge in [-0.05, 0) is 18.6 Å². The molecule has 0 aliphatic rings. The van der Waals surface area contributed by atoms with Gasteiger partial charge in [0.05, 0.1) is 6.42 Å². The maximum absolute atomic E-state index is 11.5. The van der Waals surface area contributed by atoms with Gasteiger partial charge >= 0.3 is 12.0 Å². The van der Waals surface area contributed by atoms with E-state index in [1.54, 1.807) is 0 Å². The maximum atomic E-state index is 11.5. The van der Waals surface area contributed by atoms with Crippen LogP contribution in [0.15, 0.2) is 35.2 Å². The van der Waals surface area contributed by atoms with E-state index in [1.807, 2.05) is 37.3 Å². The second-order valence-electron chi connectivity index (χ2n) is 4.38. The molecule has 0 unspecified atom stereocenters. The van der Waals surface area contributed by atoms with Gasteiger partial charge in [0.1, 0.15) is 0 Å². The summed E-state index contributed by atoms with van der Waals surface area (Å²) in [5.74, 6) is -0.535. The number of hydrogen-bond donors (Lipinski definition) is 2. The Balaban J connectivity index is 2.12. The number of rotatable bonds is 8. The third-order valence-corrected chi connectivity index (χ3v) is 3.48. The van der Waals surface area contributed by atoms with Crippen molar-refractivity contribution in [2.45, 2.75) is 24.7 Å². The number of thioether (sulfide) groups is 1. The Morgan fingerprint density at radius 1 is 1.18 bits per heavy atom. The third-order valence-electron chi connectivity index (χ3n) is 2.47. The molecule has 0 heterocycles. The van der Waals surface area contributed by atoms with Gasteiger partial charge in [0.2, 0.25) is 0 Å². The molecule has 7 heteroatoms. The second kappa shape index (κ2) is 10.7. The number of nitrogens with one attached hydrogen (secondary N) is 2. The third kappa shape index (κ3) is 8.31. The molecule has 1 aromatic carbocycles. The lowest BCUT2D eigenvalue weighted by Crippen LogP contribution is -2.41. The van der Waals surface area contributed by atoms with E-state index in [0.717, 1.165) is 11.3 Å². The lowest BCUT2D eigenvalue weighted by Gasteiger charge is -2.06. The fourth-order valence-corrected chi connectivity index (χ4v) is 2.29. The zero-order valence-corrected chi connectivity index (χ0v) is 13.3. The minimum atomic E-state index is -0.641. The first-order valence-corrected chi connectivity index (χ1v) is 8.01. The van der Waals surface area contributed by atoms with E-state index < -0.39 is 24.5 Å². The zero-order chi connectivity index (χ0) is 16.2. The molecule has 3 amide bonds. The van der Waals surface area contributed by atoms with E-state index in [-0.39, 0.29) is 6.42 Å². The summed E-state index contributed by atoms with van der Waals surface area (Å²) < 4.78 is 4.80. The van der Waals surface area contributed by atoms with Crippen LogP contribution in [-0.2, 0) is 14.3 Å². The van der Waals surface area contributed by atoms with E-state index in [1.165, 1.54) is 11.8 Å². The SMILES string of the molecule is CCCNC(=O)NC(=O)COC(=O)CCSc1ccccc1. The molecule has 0 atom stereocenters. The minimum absolute atomic E-state index is 0.203. The number of esters is 1. The zero-order valence-electron chi connectivity index (χ0n) is 12.5. The van der Waals surface area contributed by atoms with Crippen molar-refractivity contribution < 1.29 is 19.1 Å². The van der Waals surface area contributed by atoms with Crippen LogP contribution >= 0.6 is 11.8 Å². The lowest BCUT2D eigenvalue weighted by atomic mass is 10.4. The second-order valence-corrected chi connectivity index (χ2v) is 5.54. The average molecular weight is 324 g/mol. The van der Waals surface area contributed by atoms with Gasteiger partial charge < -0.3 is 10.1 Å². The fourth-order valence-electron chi connectivity index (χ4n) is 1.43. The van der Waals surface area contributed by atoms with E-state index in [4.69, 9.17) is 4.74 Å². The number of urea groups is 1. The molecule has 6 nitrogen and oxygen atoms in total. The van der Waals surface area contributed by atoms with E-state index in [0.29, 0.717) is 12.3 Å². The van der Waals surface area contributed by atoms with E-state index in [2.05, 4.69) is 10.6 Å². The van der Waals surface area contributed by atoms with Gasteiger partial charge in [-0.3, -0.25) is 14.9 Å². The smallest absolute Gasteiger partial charge is 0.321 e. The molecular formula is C15H20N2O4S. The highest BCUT2D eigenvalue weighted by Crippen LogP contribution is 2.17. The number of imide groups is 1. The van der Waals surface area contributed by atoms with Crippen molar-refractivity contribution in [1.82, 2.24) is 10.6 Å². The fraction of sp³-hybridized carbons (Fsp3) is 0.400. The molecule has 0 fully saturated rings. The molecule has 0 aliphatic heterocycles. The highest BCUT2D eigenvalue weighted by Gasteiger charge is 2.10. The molecule has 1 aromatic rings. The molecule has 1 rings (SSSR count). The lowest BCUT2D eigenvalue weighted by molar-refractivity contribution is -0.147. The maximum Gasteiger partial charge on any atom is 0.321 e. The molecule has 0 radical (unpaired) electrons. The Morgan fingerprint density at radius 3 is 2.59 bits per heavy atom. The van der Waals surface area contributed by atoms with Crippen molar-refractivity contribution in [1.29, 1.82) is 0 Å². The molecule has 0 aromatic heterocycles. The number of amides is 3. The summed E-state index contributed by atoms with van der Waals surface area (Å²) in [5.41, 5.74) is 0. The largest absolute Gasteiger partial charge is 0.456 e. The molecule has 0 spiro atoms. The van der Waals surface area contributed by atoms with Gasteiger partial charge in [-0.25, -0.2) is 4.79 Å². The molecule has 0 saturated carbocycles. The van der Waals surface area contributed by atoms with E-state index in [9.17, 15) is 14.4 Å². The summed E-state index contributed by atoms with van der Waals surface area (Å²) in [4.78, 5) is 35.1. The van der Waals surface area contributed by atoms with Gasteiger partial charge in [-0.2, -0.15) is 0 Å². The number of benzene rings is 1. The topological polar surface area (TPSA) is 84.5 Å². The van der Waals surface area contributed by atoms with Crippen LogP contribution in [0.4, 0.5) is 4.79 Å². The first-order valence-electron chi connectivity index (χ1n) is 7.03. The standard InChI is InChI=1S/C15H20N2O4S/c1-2-9-16-15(20)17-13(18)11-21-14(19)8-10-22-12-6-4-3-5-7-12/h3-7H,2,8-11H2,1H3,(H2,16,17,18,20). The summed E-state index contributed by atoms with van der Waals surface area (Å²) in [7, 11) is 0. The molecule has 0 saturated heterocycles. The van der Waals surface area contributed by atoms with Crippen molar-refractivity contribution >= 4 is 29.7 Å². The summed E-state index contributed by atoms with van der Waals surface area (Å²) in [6.45, 7) is 1.93. The summed E-state index contributed by atoms with van der Waals surface area (Å²) in [6, 6.07) is 9.11. The van der Waals surface area contributed by atoms with Crippen molar-refractivity contribution in [3.05, 3.63) is 30.3 Å². The minimum Gasteiger partial charge on any atom is -0.456 e. The number of ether oxygens (including phenoxy) is 1.